The maximum atomic E-state index is 14.6. The number of ether oxygens (including phenoxy) is 1. The monoisotopic (exact) mass is 544 g/mol. The van der Waals surface area contributed by atoms with Crippen LogP contribution in [-0.4, -0.2) is 0 Å². The second kappa shape index (κ2) is 9.20. The van der Waals surface area contributed by atoms with Gasteiger partial charge in [0.1, 0.15) is 5.75 Å². The molecule has 0 N–H and O–H groups in total. The summed E-state index contributed by atoms with van der Waals surface area (Å²) in [6.45, 7) is 7.32. The Morgan fingerprint density at radius 3 is 1.83 bits per heavy atom. The van der Waals surface area contributed by atoms with Gasteiger partial charge in [-0.15, -0.1) is 11.1 Å². The normalized spacial score (nSPS) is 11.2. The Morgan fingerprint density at radius 1 is 0.800 bits per heavy atom. The van der Waals surface area contributed by atoms with Gasteiger partial charge >= 0.3 is 6.11 Å². The zero-order valence-corrected chi connectivity index (χ0v) is 20.5. The van der Waals surface area contributed by atoms with E-state index in [9.17, 15) is 22.0 Å². The van der Waals surface area contributed by atoms with E-state index in [2.05, 4.69) is 10.8 Å². The molecule has 0 saturated carbocycles. The second-order valence-electron chi connectivity index (χ2n) is 7.04. The first-order chi connectivity index (χ1) is 13.5. The first-order valence-electron chi connectivity index (χ1n) is 8.82. The summed E-state index contributed by atoms with van der Waals surface area (Å²) in [4.78, 5) is 0. The predicted octanol–water partition coefficient (Wildman–Crippen LogP) is 6.93. The second-order valence-corrected chi connectivity index (χ2v) is 7.04. The third-order valence-corrected chi connectivity index (χ3v) is 4.60. The molecule has 0 aliphatic rings. The van der Waals surface area contributed by atoms with Crippen molar-refractivity contribution in [2.45, 2.75) is 33.8 Å². The van der Waals surface area contributed by atoms with Crippen molar-refractivity contribution in [3.8, 4) is 16.9 Å². The van der Waals surface area contributed by atoms with Gasteiger partial charge in [-0.2, -0.15) is 27.0 Å². The van der Waals surface area contributed by atoms with E-state index in [1.165, 1.54) is 13.0 Å². The minimum absolute atomic E-state index is 0. The van der Waals surface area contributed by atoms with E-state index in [-0.39, 0.29) is 41.2 Å². The molecule has 3 rings (SSSR count). The molecular formula is C23H18F5LaO-. The molecule has 7 heteroatoms. The summed E-state index contributed by atoms with van der Waals surface area (Å²) in [7, 11) is 0. The minimum Gasteiger partial charge on any atom is -0.430 e. The molecular weight excluding hydrogens is 526 g/mol. The number of hydrogen-bond acceptors (Lipinski definition) is 1. The summed E-state index contributed by atoms with van der Waals surface area (Å²) < 4.78 is 73.3. The van der Waals surface area contributed by atoms with E-state index in [4.69, 9.17) is 0 Å². The number of alkyl halides is 2. The van der Waals surface area contributed by atoms with Crippen molar-refractivity contribution in [2.75, 3.05) is 0 Å². The molecule has 0 saturated heterocycles. The van der Waals surface area contributed by atoms with Crippen LogP contribution in [0.1, 0.15) is 27.8 Å². The zero-order chi connectivity index (χ0) is 21.5. The molecule has 0 bridgehead atoms. The number of benzene rings is 3. The van der Waals surface area contributed by atoms with Crippen molar-refractivity contribution < 1.29 is 62.3 Å². The Bertz CT molecular complexity index is 1050. The van der Waals surface area contributed by atoms with Crippen LogP contribution in [0.25, 0.3) is 11.1 Å². The van der Waals surface area contributed by atoms with Crippen molar-refractivity contribution in [3.63, 3.8) is 0 Å². The average Bonchev–Trinajstić information content (AvgIpc) is 2.58. The molecule has 3 aromatic rings. The summed E-state index contributed by atoms with van der Waals surface area (Å²) in [5.74, 6) is -5.81. The Labute approximate surface area is 199 Å². The fraction of sp³-hybridized carbons (Fsp3) is 0.217. The summed E-state index contributed by atoms with van der Waals surface area (Å²) >= 11 is 0. The van der Waals surface area contributed by atoms with E-state index >= 15 is 0 Å². The predicted molar refractivity (Wildman–Crippen MR) is 101 cm³/mol. The molecule has 0 spiro atoms. The van der Waals surface area contributed by atoms with Crippen LogP contribution in [0.15, 0.2) is 36.4 Å². The van der Waals surface area contributed by atoms with E-state index in [1.807, 2.05) is 32.9 Å². The topological polar surface area (TPSA) is 9.23 Å². The first kappa shape index (κ1) is 24.6. The summed E-state index contributed by atoms with van der Waals surface area (Å²) in [5, 5.41) is 0. The SMILES string of the molecule is Cc1cc(C)c(-c2c[c-]c(C(F)(F)Oc3cc(F)c(F)c(F)c3)c(C)c2)c(C)c1.[La]. The fourth-order valence-electron chi connectivity index (χ4n) is 3.49. The maximum Gasteiger partial charge on any atom is 0.403 e. The average molecular weight is 544 g/mol. The molecule has 0 aromatic heterocycles. The Morgan fingerprint density at radius 2 is 1.33 bits per heavy atom. The van der Waals surface area contributed by atoms with E-state index in [0.717, 1.165) is 27.8 Å². The van der Waals surface area contributed by atoms with Crippen LogP contribution in [0.4, 0.5) is 22.0 Å². The summed E-state index contributed by atoms with van der Waals surface area (Å²) in [6.07, 6.45) is -3.92. The van der Waals surface area contributed by atoms with Crippen molar-refractivity contribution in [2.24, 2.45) is 0 Å². The molecule has 0 aliphatic carbocycles. The van der Waals surface area contributed by atoms with Crippen LogP contribution < -0.4 is 4.74 Å². The van der Waals surface area contributed by atoms with Crippen LogP contribution in [0, 0.1) is 86.8 Å². The van der Waals surface area contributed by atoms with E-state index in [1.54, 1.807) is 6.07 Å². The summed E-state index contributed by atoms with van der Waals surface area (Å²) in [5.41, 5.74) is 4.36. The number of halogens is 5. The van der Waals surface area contributed by atoms with Crippen molar-refractivity contribution in [3.05, 3.63) is 87.7 Å². The molecule has 1 radical (unpaired) electrons. The number of aryl methyl sites for hydroxylation is 4. The van der Waals surface area contributed by atoms with Gasteiger partial charge in [-0.3, -0.25) is 0 Å². The first-order valence-corrected chi connectivity index (χ1v) is 8.82. The van der Waals surface area contributed by atoms with Gasteiger partial charge in [-0.25, -0.2) is 13.2 Å². The smallest absolute Gasteiger partial charge is 0.403 e. The Balaban J connectivity index is 0.00000320. The van der Waals surface area contributed by atoms with Crippen LogP contribution >= 0.6 is 0 Å². The summed E-state index contributed by atoms with van der Waals surface area (Å²) in [6, 6.07) is 10.3. The molecule has 0 fully saturated rings. The fourth-order valence-corrected chi connectivity index (χ4v) is 3.49. The molecule has 0 atom stereocenters. The van der Waals surface area contributed by atoms with Crippen LogP contribution in [-0.2, 0) is 6.11 Å². The van der Waals surface area contributed by atoms with Gasteiger partial charge < -0.3 is 4.74 Å². The molecule has 1 nitrogen and oxygen atoms in total. The Hall–Kier alpha value is -1.70. The number of hydrogen-bond donors (Lipinski definition) is 0. The molecule has 0 heterocycles. The molecule has 30 heavy (non-hydrogen) atoms. The Kier molecular flexibility index (Phi) is 7.54. The third-order valence-electron chi connectivity index (χ3n) is 4.60. The van der Waals surface area contributed by atoms with E-state index < -0.39 is 34.9 Å². The van der Waals surface area contributed by atoms with Gasteiger partial charge in [-0.05, 0) is 26.3 Å². The maximum absolute atomic E-state index is 14.6. The standard InChI is InChI=1S/C23H18F5O.La/c1-12-7-14(3)21(15(4)8-12)16-5-6-18(13(2)9-16)23(27,28)29-17-10-19(24)22(26)20(25)11-17;/h5,7-11H,1-4H3;/q-1;. The number of rotatable bonds is 4. The molecule has 0 unspecified atom stereocenters. The van der Waals surface area contributed by atoms with Gasteiger partial charge in [0.05, 0.1) is 0 Å². The van der Waals surface area contributed by atoms with Crippen molar-refractivity contribution >= 4 is 0 Å². The van der Waals surface area contributed by atoms with E-state index in [0.29, 0.717) is 12.1 Å². The van der Waals surface area contributed by atoms with Gasteiger partial charge in [0.25, 0.3) is 0 Å². The van der Waals surface area contributed by atoms with Crippen LogP contribution in [0.5, 0.6) is 5.75 Å². The van der Waals surface area contributed by atoms with Crippen LogP contribution in [0.2, 0.25) is 0 Å². The van der Waals surface area contributed by atoms with Gasteiger partial charge in [0, 0.05) is 47.7 Å². The largest absolute Gasteiger partial charge is 0.430 e. The third kappa shape index (κ3) is 4.95. The molecule has 0 aliphatic heterocycles. The van der Waals surface area contributed by atoms with Gasteiger partial charge in [-0.1, -0.05) is 41.3 Å². The van der Waals surface area contributed by atoms with Crippen molar-refractivity contribution in [1.82, 2.24) is 0 Å². The van der Waals surface area contributed by atoms with Gasteiger partial charge in [0.2, 0.25) is 0 Å². The zero-order valence-electron chi connectivity index (χ0n) is 16.8. The molecule has 0 amide bonds. The minimum atomic E-state index is -3.92. The molecule has 3 aromatic carbocycles. The van der Waals surface area contributed by atoms with Gasteiger partial charge in [0.15, 0.2) is 17.5 Å². The quantitative estimate of drug-likeness (QED) is 0.197. The van der Waals surface area contributed by atoms with Crippen LogP contribution in [0.3, 0.4) is 0 Å². The molecule has 155 valence electrons. The van der Waals surface area contributed by atoms with Crippen molar-refractivity contribution in [1.29, 1.82) is 0 Å².